The van der Waals surface area contributed by atoms with Crippen LogP contribution < -0.4 is 5.32 Å². The van der Waals surface area contributed by atoms with Gasteiger partial charge in [-0.05, 0) is 17.7 Å². The zero-order valence-corrected chi connectivity index (χ0v) is 13.9. The van der Waals surface area contributed by atoms with Gasteiger partial charge in [-0.15, -0.1) is 0 Å². The van der Waals surface area contributed by atoms with Crippen molar-refractivity contribution in [1.29, 1.82) is 0 Å². The Morgan fingerprint density at radius 1 is 1.00 bits per heavy atom. The van der Waals surface area contributed by atoms with Crippen LogP contribution in [0.5, 0.6) is 0 Å². The SMILES string of the molecule is O=C(NCc1ncccn1)c1cnc2c(c1)ncn2Cc1ccccc1. The lowest BCUT2D eigenvalue weighted by Crippen LogP contribution is -2.24. The first kappa shape index (κ1) is 15.9. The number of hydrogen-bond donors (Lipinski definition) is 1. The van der Waals surface area contributed by atoms with Crippen LogP contribution >= 0.6 is 0 Å². The Labute approximate surface area is 149 Å². The molecule has 0 saturated carbocycles. The lowest BCUT2D eigenvalue weighted by atomic mass is 10.2. The van der Waals surface area contributed by atoms with Gasteiger partial charge in [-0.2, -0.15) is 0 Å². The van der Waals surface area contributed by atoms with Gasteiger partial charge >= 0.3 is 0 Å². The number of nitrogens with one attached hydrogen (secondary N) is 1. The highest BCUT2D eigenvalue weighted by molar-refractivity contribution is 5.96. The molecule has 0 radical (unpaired) electrons. The topological polar surface area (TPSA) is 85.6 Å². The van der Waals surface area contributed by atoms with Crippen LogP contribution in [0.3, 0.4) is 0 Å². The number of benzene rings is 1. The fraction of sp³-hybridized carbons (Fsp3) is 0.105. The molecule has 0 bridgehead atoms. The fourth-order valence-corrected chi connectivity index (χ4v) is 2.65. The second-order valence-corrected chi connectivity index (χ2v) is 5.77. The predicted molar refractivity (Wildman–Crippen MR) is 96.3 cm³/mol. The van der Waals surface area contributed by atoms with Gasteiger partial charge in [0.05, 0.1) is 25.0 Å². The molecular formula is C19H16N6O. The number of hydrogen-bond acceptors (Lipinski definition) is 5. The second kappa shape index (κ2) is 7.10. The van der Waals surface area contributed by atoms with Crippen LogP contribution in [-0.4, -0.2) is 30.4 Å². The summed E-state index contributed by atoms with van der Waals surface area (Å²) in [6.45, 7) is 0.946. The van der Waals surface area contributed by atoms with Gasteiger partial charge < -0.3 is 9.88 Å². The molecule has 1 aromatic carbocycles. The molecule has 0 saturated heterocycles. The first-order valence-corrected chi connectivity index (χ1v) is 8.18. The molecule has 3 aromatic heterocycles. The summed E-state index contributed by atoms with van der Waals surface area (Å²) in [6, 6.07) is 13.6. The van der Waals surface area contributed by atoms with Crippen LogP contribution in [0.25, 0.3) is 11.2 Å². The van der Waals surface area contributed by atoms with Crippen molar-refractivity contribution in [3.8, 4) is 0 Å². The molecule has 0 spiro atoms. The number of pyridine rings is 1. The molecular weight excluding hydrogens is 328 g/mol. The van der Waals surface area contributed by atoms with Crippen molar-refractivity contribution >= 4 is 17.1 Å². The summed E-state index contributed by atoms with van der Waals surface area (Å²) < 4.78 is 1.96. The van der Waals surface area contributed by atoms with Gasteiger partial charge in [-0.25, -0.2) is 19.9 Å². The van der Waals surface area contributed by atoms with E-state index in [1.54, 1.807) is 37.1 Å². The summed E-state index contributed by atoms with van der Waals surface area (Å²) >= 11 is 0. The largest absolute Gasteiger partial charge is 0.345 e. The maximum Gasteiger partial charge on any atom is 0.253 e. The number of amides is 1. The lowest BCUT2D eigenvalue weighted by molar-refractivity contribution is 0.0949. The Bertz CT molecular complexity index is 1030. The maximum atomic E-state index is 12.3. The van der Waals surface area contributed by atoms with Crippen LogP contribution in [0.1, 0.15) is 21.7 Å². The van der Waals surface area contributed by atoms with Crippen LogP contribution in [-0.2, 0) is 13.1 Å². The summed E-state index contributed by atoms with van der Waals surface area (Å²) in [7, 11) is 0. The molecule has 4 rings (SSSR count). The molecule has 1 amide bonds. The second-order valence-electron chi connectivity index (χ2n) is 5.77. The number of aromatic nitrogens is 5. The minimum Gasteiger partial charge on any atom is -0.345 e. The molecule has 0 atom stereocenters. The number of carbonyl (C=O) groups is 1. The van der Waals surface area contributed by atoms with Crippen molar-refractivity contribution in [2.45, 2.75) is 13.1 Å². The quantitative estimate of drug-likeness (QED) is 0.600. The average molecular weight is 344 g/mol. The number of carbonyl (C=O) groups excluding carboxylic acids is 1. The smallest absolute Gasteiger partial charge is 0.253 e. The average Bonchev–Trinajstić information content (AvgIpc) is 3.10. The number of imidazole rings is 1. The van der Waals surface area contributed by atoms with Crippen molar-refractivity contribution in [2.75, 3.05) is 0 Å². The molecule has 4 aromatic rings. The summed E-state index contributed by atoms with van der Waals surface area (Å²) in [4.78, 5) is 29.3. The van der Waals surface area contributed by atoms with E-state index in [2.05, 4.69) is 37.4 Å². The predicted octanol–water partition coefficient (Wildman–Crippen LogP) is 2.20. The van der Waals surface area contributed by atoms with Crippen molar-refractivity contribution in [2.24, 2.45) is 0 Å². The fourth-order valence-electron chi connectivity index (χ4n) is 2.65. The zero-order chi connectivity index (χ0) is 17.8. The normalized spacial score (nSPS) is 10.8. The Hall–Kier alpha value is -3.61. The first-order valence-electron chi connectivity index (χ1n) is 8.18. The van der Waals surface area contributed by atoms with E-state index in [1.165, 1.54) is 5.56 Å². The third-order valence-corrected chi connectivity index (χ3v) is 3.94. The van der Waals surface area contributed by atoms with Crippen molar-refractivity contribution in [3.05, 3.63) is 84.3 Å². The number of fused-ring (bicyclic) bond motifs is 1. The molecule has 0 unspecified atom stereocenters. The van der Waals surface area contributed by atoms with Crippen LogP contribution in [0.15, 0.2) is 67.4 Å². The Morgan fingerprint density at radius 2 is 1.81 bits per heavy atom. The van der Waals surface area contributed by atoms with Crippen molar-refractivity contribution in [3.63, 3.8) is 0 Å². The standard InChI is InChI=1S/C19H16N6O/c26-19(23-11-17-20-7-4-8-21-17)15-9-16-18(22-10-15)25(13-24-16)12-14-5-2-1-3-6-14/h1-10,13H,11-12H2,(H,23,26). The summed E-state index contributed by atoms with van der Waals surface area (Å²) in [5, 5.41) is 2.79. The molecule has 7 nitrogen and oxygen atoms in total. The molecule has 1 N–H and O–H groups in total. The molecule has 7 heteroatoms. The number of rotatable bonds is 5. The molecule has 3 heterocycles. The molecule has 128 valence electrons. The highest BCUT2D eigenvalue weighted by Crippen LogP contribution is 2.14. The van der Waals surface area contributed by atoms with E-state index in [0.29, 0.717) is 23.4 Å². The van der Waals surface area contributed by atoms with Crippen LogP contribution in [0, 0.1) is 0 Å². The van der Waals surface area contributed by atoms with Crippen LogP contribution in [0.4, 0.5) is 0 Å². The third-order valence-electron chi connectivity index (χ3n) is 3.94. The highest BCUT2D eigenvalue weighted by Gasteiger charge is 2.11. The maximum absolute atomic E-state index is 12.3. The molecule has 26 heavy (non-hydrogen) atoms. The Balaban J connectivity index is 1.50. The molecule has 0 aliphatic rings. The van der Waals surface area contributed by atoms with Gasteiger partial charge in [0.15, 0.2) is 5.65 Å². The van der Waals surface area contributed by atoms with Gasteiger partial charge in [0.1, 0.15) is 11.3 Å². The summed E-state index contributed by atoms with van der Waals surface area (Å²) in [6.07, 6.45) is 6.58. The van der Waals surface area contributed by atoms with Gasteiger partial charge in [-0.1, -0.05) is 30.3 Å². The van der Waals surface area contributed by atoms with Gasteiger partial charge in [0, 0.05) is 18.6 Å². The Morgan fingerprint density at radius 3 is 2.62 bits per heavy atom. The van der Waals surface area contributed by atoms with E-state index in [1.807, 2.05) is 22.8 Å². The van der Waals surface area contributed by atoms with Gasteiger partial charge in [0.2, 0.25) is 0 Å². The van der Waals surface area contributed by atoms with Crippen molar-refractivity contribution < 1.29 is 4.79 Å². The Kier molecular flexibility index (Phi) is 4.34. The van der Waals surface area contributed by atoms with Gasteiger partial charge in [-0.3, -0.25) is 4.79 Å². The van der Waals surface area contributed by atoms with Gasteiger partial charge in [0.25, 0.3) is 5.91 Å². The minimum absolute atomic E-state index is 0.232. The molecule has 0 fully saturated rings. The number of nitrogens with zero attached hydrogens (tertiary/aromatic N) is 5. The summed E-state index contributed by atoms with van der Waals surface area (Å²) in [5.41, 5.74) is 3.05. The minimum atomic E-state index is -0.232. The van der Waals surface area contributed by atoms with E-state index in [0.717, 1.165) is 5.65 Å². The zero-order valence-electron chi connectivity index (χ0n) is 13.9. The van der Waals surface area contributed by atoms with Crippen LogP contribution in [0.2, 0.25) is 0 Å². The first-order chi connectivity index (χ1) is 12.8. The summed E-state index contributed by atoms with van der Waals surface area (Å²) in [5.74, 6) is 0.325. The van der Waals surface area contributed by atoms with E-state index in [4.69, 9.17) is 0 Å². The lowest BCUT2D eigenvalue weighted by Gasteiger charge is -2.05. The van der Waals surface area contributed by atoms with E-state index < -0.39 is 0 Å². The monoisotopic (exact) mass is 344 g/mol. The molecule has 0 aliphatic carbocycles. The third kappa shape index (κ3) is 3.41. The van der Waals surface area contributed by atoms with E-state index >= 15 is 0 Å². The molecule has 0 aliphatic heterocycles. The highest BCUT2D eigenvalue weighted by atomic mass is 16.1. The van der Waals surface area contributed by atoms with E-state index in [-0.39, 0.29) is 12.5 Å². The van der Waals surface area contributed by atoms with E-state index in [9.17, 15) is 4.79 Å². The van der Waals surface area contributed by atoms with Crippen molar-refractivity contribution in [1.82, 2.24) is 29.8 Å².